The third-order valence-corrected chi connectivity index (χ3v) is 3.28. The van der Waals surface area contributed by atoms with Crippen LogP contribution in [0, 0.1) is 0 Å². The Morgan fingerprint density at radius 1 is 1.50 bits per heavy atom. The van der Waals surface area contributed by atoms with Crippen molar-refractivity contribution in [2.45, 2.75) is 38.1 Å². The molecule has 1 saturated heterocycles. The summed E-state index contributed by atoms with van der Waals surface area (Å²) in [5.41, 5.74) is 0. The molecule has 0 aliphatic carbocycles. The van der Waals surface area contributed by atoms with E-state index < -0.39 is 0 Å². The summed E-state index contributed by atoms with van der Waals surface area (Å²) < 4.78 is 10.7. The predicted molar refractivity (Wildman–Crippen MR) is 59.4 cm³/mol. The van der Waals surface area contributed by atoms with Gasteiger partial charge in [-0.05, 0) is 13.5 Å². The van der Waals surface area contributed by atoms with Gasteiger partial charge in [-0.2, -0.15) is 4.98 Å². The Bertz CT molecular complexity index is 340. The average molecular weight is 225 g/mol. The van der Waals surface area contributed by atoms with Gasteiger partial charge < -0.3 is 14.6 Å². The summed E-state index contributed by atoms with van der Waals surface area (Å²) in [6, 6.07) is 0.283. The number of likely N-dealkylation sites (N-methyl/N-ethyl adjacent to an activating group) is 1. The molecule has 3 unspecified atom stereocenters. The van der Waals surface area contributed by atoms with Gasteiger partial charge in [-0.15, -0.1) is 0 Å². The molecule has 1 aromatic rings. The van der Waals surface area contributed by atoms with Crippen molar-refractivity contribution in [3.8, 4) is 0 Å². The van der Waals surface area contributed by atoms with Gasteiger partial charge in [0.15, 0.2) is 5.82 Å². The van der Waals surface area contributed by atoms with Gasteiger partial charge in [0.05, 0.1) is 19.1 Å². The molecule has 90 valence electrons. The smallest absolute Gasteiger partial charge is 0.233 e. The van der Waals surface area contributed by atoms with Crippen molar-refractivity contribution in [1.29, 1.82) is 0 Å². The first-order valence-corrected chi connectivity index (χ1v) is 5.84. The van der Waals surface area contributed by atoms with Crippen LogP contribution in [0.25, 0.3) is 0 Å². The molecule has 0 aromatic carbocycles. The van der Waals surface area contributed by atoms with Crippen LogP contribution in [0.3, 0.4) is 0 Å². The zero-order chi connectivity index (χ0) is 11.5. The number of nitrogens with one attached hydrogen (secondary N) is 1. The fourth-order valence-corrected chi connectivity index (χ4v) is 1.86. The lowest BCUT2D eigenvalue weighted by Gasteiger charge is -2.11. The summed E-state index contributed by atoms with van der Waals surface area (Å²) in [5.74, 6) is 2.05. The Kier molecular flexibility index (Phi) is 3.56. The number of nitrogens with zero attached hydrogens (tertiary/aromatic N) is 2. The Hall–Kier alpha value is -0.940. The highest BCUT2D eigenvalue weighted by atomic mass is 16.5. The number of hydrogen-bond donors (Lipinski definition) is 1. The first-order chi connectivity index (χ1) is 7.76. The first-order valence-electron chi connectivity index (χ1n) is 5.84. The van der Waals surface area contributed by atoms with Crippen LogP contribution in [0.5, 0.6) is 0 Å². The second kappa shape index (κ2) is 4.93. The summed E-state index contributed by atoms with van der Waals surface area (Å²) in [7, 11) is 1.93. The molecule has 1 fully saturated rings. The van der Waals surface area contributed by atoms with Crippen molar-refractivity contribution in [2.75, 3.05) is 20.3 Å². The van der Waals surface area contributed by atoms with Gasteiger partial charge in [0.25, 0.3) is 0 Å². The highest BCUT2D eigenvalue weighted by Crippen LogP contribution is 2.25. The summed E-state index contributed by atoms with van der Waals surface area (Å²) in [6.07, 6.45) is 1.02. The Morgan fingerprint density at radius 2 is 2.31 bits per heavy atom. The van der Waals surface area contributed by atoms with Gasteiger partial charge in [-0.1, -0.05) is 19.0 Å². The highest BCUT2D eigenvalue weighted by Gasteiger charge is 2.33. The molecule has 2 rings (SSSR count). The van der Waals surface area contributed by atoms with Crippen molar-refractivity contribution >= 4 is 0 Å². The predicted octanol–water partition coefficient (Wildman–Crippen LogP) is 1.28. The van der Waals surface area contributed by atoms with E-state index in [4.69, 9.17) is 9.26 Å². The van der Waals surface area contributed by atoms with Crippen molar-refractivity contribution in [2.24, 2.45) is 0 Å². The summed E-state index contributed by atoms with van der Waals surface area (Å²) in [5, 5.41) is 7.24. The SMILES string of the molecule is CCC(C)c1noc(C2COCC2NC)n1. The van der Waals surface area contributed by atoms with E-state index in [1.165, 1.54) is 0 Å². The van der Waals surface area contributed by atoms with E-state index in [1.54, 1.807) is 0 Å². The monoisotopic (exact) mass is 225 g/mol. The maximum atomic E-state index is 5.42. The van der Waals surface area contributed by atoms with Crippen LogP contribution >= 0.6 is 0 Å². The molecule has 0 saturated carbocycles. The van der Waals surface area contributed by atoms with Gasteiger partial charge in [0.1, 0.15) is 0 Å². The highest BCUT2D eigenvalue weighted by molar-refractivity contribution is 5.03. The van der Waals surface area contributed by atoms with E-state index in [0.29, 0.717) is 25.0 Å². The van der Waals surface area contributed by atoms with Crippen molar-refractivity contribution in [3.63, 3.8) is 0 Å². The molecule has 16 heavy (non-hydrogen) atoms. The molecule has 5 heteroatoms. The van der Waals surface area contributed by atoms with Crippen molar-refractivity contribution in [1.82, 2.24) is 15.5 Å². The number of ether oxygens (including phenoxy) is 1. The third kappa shape index (κ3) is 2.10. The van der Waals surface area contributed by atoms with Crippen LogP contribution in [0.2, 0.25) is 0 Å². The lowest BCUT2D eigenvalue weighted by atomic mass is 10.0. The minimum Gasteiger partial charge on any atom is -0.379 e. The number of aromatic nitrogens is 2. The Balaban J connectivity index is 2.12. The van der Waals surface area contributed by atoms with Crippen LogP contribution in [0.1, 0.15) is 43.8 Å². The van der Waals surface area contributed by atoms with Crippen LogP contribution in [-0.4, -0.2) is 36.4 Å². The second-order valence-corrected chi connectivity index (χ2v) is 4.34. The molecule has 0 spiro atoms. The number of rotatable bonds is 4. The van der Waals surface area contributed by atoms with Crippen LogP contribution in [0.15, 0.2) is 4.52 Å². The van der Waals surface area contributed by atoms with Crippen LogP contribution in [-0.2, 0) is 4.74 Å². The van der Waals surface area contributed by atoms with E-state index in [1.807, 2.05) is 7.05 Å². The van der Waals surface area contributed by atoms with E-state index in [-0.39, 0.29) is 12.0 Å². The van der Waals surface area contributed by atoms with E-state index in [0.717, 1.165) is 12.2 Å². The first kappa shape index (κ1) is 11.5. The van der Waals surface area contributed by atoms with Crippen molar-refractivity contribution in [3.05, 3.63) is 11.7 Å². The molecule has 2 heterocycles. The maximum absolute atomic E-state index is 5.42. The van der Waals surface area contributed by atoms with Gasteiger partial charge in [-0.25, -0.2) is 0 Å². The zero-order valence-electron chi connectivity index (χ0n) is 10.1. The standard InChI is InChI=1S/C11H19N3O2/c1-4-7(2)10-13-11(16-14-10)8-5-15-6-9(8)12-3/h7-9,12H,4-6H2,1-3H3. The van der Waals surface area contributed by atoms with Gasteiger partial charge in [0, 0.05) is 12.0 Å². The minimum atomic E-state index is 0.190. The van der Waals surface area contributed by atoms with Crippen molar-refractivity contribution < 1.29 is 9.26 Å². The largest absolute Gasteiger partial charge is 0.379 e. The molecule has 1 aliphatic heterocycles. The molecule has 1 N–H and O–H groups in total. The quantitative estimate of drug-likeness (QED) is 0.836. The molecule has 0 bridgehead atoms. The summed E-state index contributed by atoms with van der Waals surface area (Å²) in [4.78, 5) is 4.46. The minimum absolute atomic E-state index is 0.190. The molecule has 1 aromatic heterocycles. The fraction of sp³-hybridized carbons (Fsp3) is 0.818. The normalized spacial score (nSPS) is 27.2. The van der Waals surface area contributed by atoms with Crippen LogP contribution < -0.4 is 5.32 Å². The Labute approximate surface area is 95.6 Å². The molecule has 3 atom stereocenters. The van der Waals surface area contributed by atoms with Gasteiger partial charge >= 0.3 is 0 Å². The molecule has 0 amide bonds. The third-order valence-electron chi connectivity index (χ3n) is 3.28. The molecule has 5 nitrogen and oxygen atoms in total. The van der Waals surface area contributed by atoms with Gasteiger partial charge in [-0.3, -0.25) is 0 Å². The Morgan fingerprint density at radius 3 is 3.00 bits per heavy atom. The molecular weight excluding hydrogens is 206 g/mol. The van der Waals surface area contributed by atoms with Gasteiger partial charge in [0.2, 0.25) is 5.89 Å². The second-order valence-electron chi connectivity index (χ2n) is 4.34. The number of hydrogen-bond acceptors (Lipinski definition) is 5. The summed E-state index contributed by atoms with van der Waals surface area (Å²) >= 11 is 0. The lowest BCUT2D eigenvalue weighted by Crippen LogP contribution is -2.31. The lowest BCUT2D eigenvalue weighted by molar-refractivity contribution is 0.185. The topological polar surface area (TPSA) is 60.2 Å². The zero-order valence-corrected chi connectivity index (χ0v) is 10.1. The fourth-order valence-electron chi connectivity index (χ4n) is 1.86. The maximum Gasteiger partial charge on any atom is 0.233 e. The van der Waals surface area contributed by atoms with Crippen LogP contribution in [0.4, 0.5) is 0 Å². The van der Waals surface area contributed by atoms with E-state index >= 15 is 0 Å². The van der Waals surface area contributed by atoms with E-state index in [2.05, 4.69) is 29.3 Å². The summed E-state index contributed by atoms with van der Waals surface area (Å²) in [6.45, 7) is 5.60. The molecule has 0 radical (unpaired) electrons. The molecular formula is C11H19N3O2. The molecule has 1 aliphatic rings. The average Bonchev–Trinajstić information content (AvgIpc) is 2.95. The van der Waals surface area contributed by atoms with E-state index in [9.17, 15) is 0 Å².